The molecule has 0 atom stereocenters. The number of amides is 3. The maximum Gasteiger partial charge on any atom is 0.260 e. The molecule has 0 spiro atoms. The van der Waals surface area contributed by atoms with Crippen molar-refractivity contribution in [3.63, 3.8) is 0 Å². The Hall–Kier alpha value is -3.39. The van der Waals surface area contributed by atoms with Crippen molar-refractivity contribution < 1.29 is 19.1 Å². The van der Waals surface area contributed by atoms with E-state index in [4.69, 9.17) is 4.74 Å². The fourth-order valence-electron chi connectivity index (χ4n) is 3.55. The summed E-state index contributed by atoms with van der Waals surface area (Å²) in [6.45, 7) is 8.32. The number of piperazine rings is 1. The van der Waals surface area contributed by atoms with Gasteiger partial charge in [-0.05, 0) is 45.0 Å². The number of anilines is 1. The molecule has 0 bridgehead atoms. The molecule has 1 aliphatic rings. The maximum atomic E-state index is 12.7. The number of nitrogens with one attached hydrogen (secondary N) is 2. The van der Waals surface area contributed by atoms with Crippen LogP contribution in [-0.4, -0.2) is 72.4 Å². The monoisotopic (exact) mass is 452 g/mol. The molecule has 0 saturated carbocycles. The first kappa shape index (κ1) is 24.3. The average Bonchev–Trinajstić information content (AvgIpc) is 2.77. The highest BCUT2D eigenvalue weighted by molar-refractivity contribution is 6.06. The second kappa shape index (κ2) is 11.0. The molecule has 2 aromatic rings. The van der Waals surface area contributed by atoms with E-state index in [0.717, 1.165) is 0 Å². The standard InChI is InChI=1S/C25H32N4O4/c1-25(2,3)27-22(30)17-28-13-15-29(16-14-28)23(31)18-33-21-12-8-7-11-20(21)24(32)26-19-9-5-4-6-10-19/h4-12H,13-18H2,1-3H3,(H,26,32)(H,27,30). The van der Waals surface area contributed by atoms with Crippen LogP contribution in [-0.2, 0) is 9.59 Å². The van der Waals surface area contributed by atoms with Crippen LogP contribution in [0.4, 0.5) is 5.69 Å². The number of rotatable bonds is 7. The van der Waals surface area contributed by atoms with Crippen LogP contribution in [0.2, 0.25) is 0 Å². The van der Waals surface area contributed by atoms with Crippen molar-refractivity contribution in [3.05, 3.63) is 60.2 Å². The van der Waals surface area contributed by atoms with Gasteiger partial charge in [0.25, 0.3) is 11.8 Å². The molecule has 8 heteroatoms. The Bertz CT molecular complexity index is 964. The highest BCUT2D eigenvalue weighted by Gasteiger charge is 2.24. The summed E-state index contributed by atoms with van der Waals surface area (Å²) in [6, 6.07) is 16.0. The maximum absolute atomic E-state index is 12.7. The highest BCUT2D eigenvalue weighted by Crippen LogP contribution is 2.20. The van der Waals surface area contributed by atoms with E-state index in [2.05, 4.69) is 10.6 Å². The minimum Gasteiger partial charge on any atom is -0.483 e. The number of nitrogens with zero attached hydrogens (tertiary/aromatic N) is 2. The van der Waals surface area contributed by atoms with E-state index in [1.807, 2.05) is 43.9 Å². The van der Waals surface area contributed by atoms with Gasteiger partial charge >= 0.3 is 0 Å². The number of carbonyl (C=O) groups is 3. The van der Waals surface area contributed by atoms with Gasteiger partial charge in [0.05, 0.1) is 12.1 Å². The Morgan fingerprint density at radius 2 is 1.55 bits per heavy atom. The zero-order chi connectivity index (χ0) is 23.8. The lowest BCUT2D eigenvalue weighted by Gasteiger charge is -2.34. The highest BCUT2D eigenvalue weighted by atomic mass is 16.5. The van der Waals surface area contributed by atoms with Gasteiger partial charge in [-0.25, -0.2) is 0 Å². The fourth-order valence-corrected chi connectivity index (χ4v) is 3.55. The lowest BCUT2D eigenvalue weighted by molar-refractivity contribution is -0.135. The van der Waals surface area contributed by atoms with Crippen molar-refractivity contribution in [2.75, 3.05) is 44.6 Å². The van der Waals surface area contributed by atoms with Crippen molar-refractivity contribution in [1.29, 1.82) is 0 Å². The third-order valence-corrected chi connectivity index (χ3v) is 5.12. The summed E-state index contributed by atoms with van der Waals surface area (Å²) < 4.78 is 5.73. The van der Waals surface area contributed by atoms with Gasteiger partial charge in [-0.3, -0.25) is 19.3 Å². The van der Waals surface area contributed by atoms with Gasteiger partial charge in [-0.15, -0.1) is 0 Å². The van der Waals surface area contributed by atoms with Crippen LogP contribution in [0, 0.1) is 0 Å². The zero-order valence-corrected chi connectivity index (χ0v) is 19.5. The number of para-hydroxylation sites is 2. The van der Waals surface area contributed by atoms with Crippen LogP contribution in [0.5, 0.6) is 5.75 Å². The first-order valence-corrected chi connectivity index (χ1v) is 11.1. The van der Waals surface area contributed by atoms with Gasteiger partial charge in [0.15, 0.2) is 6.61 Å². The minimum atomic E-state index is -0.300. The third kappa shape index (κ3) is 7.61. The van der Waals surface area contributed by atoms with Crippen LogP contribution in [0.25, 0.3) is 0 Å². The predicted octanol–water partition coefficient (Wildman–Crippen LogP) is 2.38. The van der Waals surface area contributed by atoms with Crippen molar-refractivity contribution in [2.45, 2.75) is 26.3 Å². The molecule has 2 N–H and O–H groups in total. The summed E-state index contributed by atoms with van der Waals surface area (Å²) in [5.41, 5.74) is 0.784. The zero-order valence-electron chi connectivity index (χ0n) is 19.5. The fraction of sp³-hybridized carbons (Fsp3) is 0.400. The van der Waals surface area contributed by atoms with E-state index >= 15 is 0 Å². The Morgan fingerprint density at radius 1 is 0.909 bits per heavy atom. The number of carbonyl (C=O) groups excluding carboxylic acids is 3. The molecule has 0 unspecified atom stereocenters. The smallest absolute Gasteiger partial charge is 0.260 e. The van der Waals surface area contributed by atoms with Gasteiger partial charge in [0.1, 0.15) is 5.75 Å². The van der Waals surface area contributed by atoms with E-state index in [1.54, 1.807) is 41.3 Å². The third-order valence-electron chi connectivity index (χ3n) is 5.12. The van der Waals surface area contributed by atoms with Crippen LogP contribution in [0.1, 0.15) is 31.1 Å². The summed E-state index contributed by atoms with van der Waals surface area (Å²) in [4.78, 5) is 41.2. The summed E-state index contributed by atoms with van der Waals surface area (Å²) >= 11 is 0. The quantitative estimate of drug-likeness (QED) is 0.673. The molecule has 8 nitrogen and oxygen atoms in total. The van der Waals surface area contributed by atoms with Crippen molar-refractivity contribution in [2.24, 2.45) is 0 Å². The van der Waals surface area contributed by atoms with E-state index in [9.17, 15) is 14.4 Å². The van der Waals surface area contributed by atoms with E-state index in [1.165, 1.54) is 0 Å². The molecule has 3 rings (SSSR count). The molecule has 1 fully saturated rings. The summed E-state index contributed by atoms with van der Waals surface area (Å²) in [7, 11) is 0. The molecule has 1 heterocycles. The first-order chi connectivity index (χ1) is 15.7. The molecule has 33 heavy (non-hydrogen) atoms. The van der Waals surface area contributed by atoms with Crippen LogP contribution < -0.4 is 15.4 Å². The molecule has 3 amide bonds. The molecular weight excluding hydrogens is 420 g/mol. The largest absolute Gasteiger partial charge is 0.483 e. The molecule has 1 aliphatic heterocycles. The van der Waals surface area contributed by atoms with Gasteiger partial charge < -0.3 is 20.3 Å². The normalized spacial score (nSPS) is 14.5. The minimum absolute atomic E-state index is 0.0176. The second-order valence-corrected chi connectivity index (χ2v) is 9.06. The number of hydrogen-bond donors (Lipinski definition) is 2. The SMILES string of the molecule is CC(C)(C)NC(=O)CN1CCN(C(=O)COc2ccccc2C(=O)Nc2ccccc2)CC1. The number of hydrogen-bond acceptors (Lipinski definition) is 5. The topological polar surface area (TPSA) is 91.0 Å². The predicted molar refractivity (Wildman–Crippen MR) is 127 cm³/mol. The Kier molecular flexibility index (Phi) is 8.06. The van der Waals surface area contributed by atoms with Crippen LogP contribution in [0.3, 0.4) is 0 Å². The summed E-state index contributed by atoms with van der Waals surface area (Å²) in [6.07, 6.45) is 0. The Morgan fingerprint density at radius 3 is 2.21 bits per heavy atom. The van der Waals surface area contributed by atoms with Crippen molar-refractivity contribution in [3.8, 4) is 5.75 Å². The van der Waals surface area contributed by atoms with Gasteiger partial charge in [0.2, 0.25) is 5.91 Å². The Labute approximate surface area is 194 Å². The molecule has 1 saturated heterocycles. The second-order valence-electron chi connectivity index (χ2n) is 9.06. The van der Waals surface area contributed by atoms with E-state index in [0.29, 0.717) is 49.7 Å². The number of benzene rings is 2. The lowest BCUT2D eigenvalue weighted by Crippen LogP contribution is -2.53. The lowest BCUT2D eigenvalue weighted by atomic mass is 10.1. The summed E-state index contributed by atoms with van der Waals surface area (Å²) in [5.74, 6) is -0.105. The van der Waals surface area contributed by atoms with Crippen LogP contribution >= 0.6 is 0 Å². The van der Waals surface area contributed by atoms with Gasteiger partial charge in [-0.1, -0.05) is 30.3 Å². The Balaban J connectivity index is 1.49. The van der Waals surface area contributed by atoms with Gasteiger partial charge in [0, 0.05) is 37.4 Å². The first-order valence-electron chi connectivity index (χ1n) is 11.1. The molecule has 0 aliphatic carbocycles. The molecule has 0 radical (unpaired) electrons. The van der Waals surface area contributed by atoms with Crippen molar-refractivity contribution in [1.82, 2.24) is 15.1 Å². The molecule has 0 aromatic heterocycles. The number of ether oxygens (including phenoxy) is 1. The molecule has 176 valence electrons. The molecule has 2 aromatic carbocycles. The van der Waals surface area contributed by atoms with Crippen LogP contribution in [0.15, 0.2) is 54.6 Å². The van der Waals surface area contributed by atoms with Gasteiger partial charge in [-0.2, -0.15) is 0 Å². The molecular formula is C25H32N4O4. The van der Waals surface area contributed by atoms with E-state index in [-0.39, 0.29) is 29.9 Å². The van der Waals surface area contributed by atoms with Crippen molar-refractivity contribution >= 4 is 23.4 Å². The van der Waals surface area contributed by atoms with E-state index < -0.39 is 0 Å². The average molecular weight is 453 g/mol. The summed E-state index contributed by atoms with van der Waals surface area (Å²) in [5, 5.41) is 5.79.